The molecule has 5 heteroatoms. The number of carboxylic acid groups (broad SMARTS) is 1. The third kappa shape index (κ3) is 2.99. The molecule has 0 saturated carbocycles. The molecule has 2 aromatic carbocycles. The summed E-state index contributed by atoms with van der Waals surface area (Å²) in [6.45, 7) is 0.777. The van der Waals surface area contributed by atoms with E-state index in [-0.39, 0.29) is 12.5 Å². The molecule has 2 aromatic rings. The number of anilines is 2. The van der Waals surface area contributed by atoms with Gasteiger partial charge < -0.3 is 5.11 Å². The number of para-hydroxylation sites is 2. The molecule has 1 saturated heterocycles. The first kappa shape index (κ1) is 16.8. The number of carbonyl (C=O) groups excluding carboxylic acids is 1. The lowest BCUT2D eigenvalue weighted by Crippen LogP contribution is -2.43. The number of benzene rings is 2. The molecule has 1 N–H and O–H groups in total. The molecule has 0 bridgehead atoms. The van der Waals surface area contributed by atoms with E-state index in [9.17, 15) is 14.7 Å². The van der Waals surface area contributed by atoms with Crippen LogP contribution in [0.5, 0.6) is 0 Å². The van der Waals surface area contributed by atoms with Crippen molar-refractivity contribution < 1.29 is 14.7 Å². The van der Waals surface area contributed by atoms with Gasteiger partial charge in [-0.25, -0.2) is 0 Å². The molecule has 0 radical (unpaired) electrons. The summed E-state index contributed by atoms with van der Waals surface area (Å²) in [5.74, 6) is -0.910. The van der Waals surface area contributed by atoms with Crippen molar-refractivity contribution >= 4 is 23.3 Å². The van der Waals surface area contributed by atoms with Crippen LogP contribution in [0, 0.1) is 0 Å². The predicted molar refractivity (Wildman–Crippen MR) is 99.7 cm³/mol. The van der Waals surface area contributed by atoms with Gasteiger partial charge in [-0.3, -0.25) is 19.4 Å². The average Bonchev–Trinajstić information content (AvgIpc) is 3.03. The van der Waals surface area contributed by atoms with Crippen molar-refractivity contribution in [2.45, 2.75) is 31.7 Å². The van der Waals surface area contributed by atoms with Crippen LogP contribution in [0.15, 0.2) is 48.5 Å². The van der Waals surface area contributed by atoms with Gasteiger partial charge >= 0.3 is 5.97 Å². The van der Waals surface area contributed by atoms with E-state index in [0.717, 1.165) is 41.8 Å². The summed E-state index contributed by atoms with van der Waals surface area (Å²) in [6.07, 6.45) is 3.20. The fourth-order valence-electron chi connectivity index (χ4n) is 4.09. The van der Waals surface area contributed by atoms with Crippen LogP contribution < -0.4 is 4.90 Å². The third-order valence-electron chi connectivity index (χ3n) is 5.37. The Morgan fingerprint density at radius 1 is 0.962 bits per heavy atom. The molecule has 2 heterocycles. The molecular weight excluding hydrogens is 328 g/mol. The van der Waals surface area contributed by atoms with Crippen molar-refractivity contribution in [3.05, 3.63) is 59.7 Å². The van der Waals surface area contributed by atoms with Crippen LogP contribution >= 0.6 is 0 Å². The number of aryl methyl sites for hydroxylation is 2. The summed E-state index contributed by atoms with van der Waals surface area (Å²) in [4.78, 5) is 28.3. The SMILES string of the molecule is O=C(O)[C@@H]1CCCN1CC(=O)N1c2ccccc2CCc2ccccc21. The van der Waals surface area contributed by atoms with Crippen LogP contribution in [-0.2, 0) is 22.4 Å². The van der Waals surface area contributed by atoms with Gasteiger partial charge in [0.15, 0.2) is 0 Å². The van der Waals surface area contributed by atoms with Gasteiger partial charge in [0.05, 0.1) is 17.9 Å². The van der Waals surface area contributed by atoms with Crippen molar-refractivity contribution in [3.63, 3.8) is 0 Å². The summed E-state index contributed by atoms with van der Waals surface area (Å²) in [5.41, 5.74) is 4.11. The molecule has 2 aliphatic heterocycles. The molecule has 2 aliphatic rings. The minimum atomic E-state index is -0.841. The highest BCUT2D eigenvalue weighted by Crippen LogP contribution is 2.36. The standard InChI is InChI=1S/C21H22N2O3/c24-20(14-22-13-5-10-19(22)21(25)26)23-17-8-3-1-6-15(17)11-12-16-7-2-4-9-18(16)23/h1-4,6-9,19H,5,10-14H2,(H,25,26)/t19-/m0/s1. The van der Waals surface area contributed by atoms with Gasteiger partial charge in [0.25, 0.3) is 0 Å². The van der Waals surface area contributed by atoms with Crippen LogP contribution in [0.1, 0.15) is 24.0 Å². The predicted octanol–water partition coefficient (Wildman–Crippen LogP) is 3.00. The molecule has 1 fully saturated rings. The number of aliphatic carboxylic acids is 1. The normalized spacial score (nSPS) is 19.5. The minimum Gasteiger partial charge on any atom is -0.480 e. The van der Waals surface area contributed by atoms with E-state index in [1.54, 1.807) is 9.80 Å². The Morgan fingerprint density at radius 3 is 2.12 bits per heavy atom. The molecule has 0 aliphatic carbocycles. The van der Waals surface area contributed by atoms with Crippen molar-refractivity contribution in [2.24, 2.45) is 0 Å². The number of hydrogen-bond acceptors (Lipinski definition) is 3. The number of nitrogens with zero attached hydrogens (tertiary/aromatic N) is 2. The van der Waals surface area contributed by atoms with E-state index in [0.29, 0.717) is 13.0 Å². The average molecular weight is 350 g/mol. The summed E-state index contributed by atoms with van der Waals surface area (Å²) < 4.78 is 0. The van der Waals surface area contributed by atoms with Gasteiger partial charge in [0.1, 0.15) is 6.04 Å². The Morgan fingerprint density at radius 2 is 1.54 bits per heavy atom. The number of rotatable bonds is 3. The molecule has 1 atom stereocenters. The van der Waals surface area contributed by atoms with Gasteiger partial charge in [0, 0.05) is 0 Å². The number of carboxylic acids is 1. The lowest BCUT2D eigenvalue weighted by atomic mass is 10.0. The van der Waals surface area contributed by atoms with E-state index in [4.69, 9.17) is 0 Å². The quantitative estimate of drug-likeness (QED) is 0.924. The first-order chi connectivity index (χ1) is 12.6. The zero-order valence-corrected chi connectivity index (χ0v) is 14.6. The number of carbonyl (C=O) groups is 2. The molecule has 26 heavy (non-hydrogen) atoms. The van der Waals surface area contributed by atoms with Crippen LogP contribution in [-0.4, -0.2) is 41.0 Å². The highest BCUT2D eigenvalue weighted by Gasteiger charge is 2.34. The Labute approximate surface area is 152 Å². The first-order valence-corrected chi connectivity index (χ1v) is 9.11. The van der Waals surface area contributed by atoms with Gasteiger partial charge in [-0.05, 0) is 55.5 Å². The minimum absolute atomic E-state index is 0.0695. The Hall–Kier alpha value is -2.66. The van der Waals surface area contributed by atoms with E-state index < -0.39 is 12.0 Å². The van der Waals surface area contributed by atoms with Gasteiger partial charge in [-0.2, -0.15) is 0 Å². The first-order valence-electron chi connectivity index (χ1n) is 9.11. The molecule has 134 valence electrons. The second-order valence-electron chi connectivity index (χ2n) is 6.95. The van der Waals surface area contributed by atoms with Crippen molar-refractivity contribution in [1.29, 1.82) is 0 Å². The molecule has 1 amide bonds. The fourth-order valence-corrected chi connectivity index (χ4v) is 4.09. The number of fused-ring (bicyclic) bond motifs is 2. The van der Waals surface area contributed by atoms with Crippen molar-refractivity contribution in [2.75, 3.05) is 18.0 Å². The largest absolute Gasteiger partial charge is 0.480 e. The lowest BCUT2D eigenvalue weighted by Gasteiger charge is -2.28. The second kappa shape index (κ2) is 6.92. The number of hydrogen-bond donors (Lipinski definition) is 1. The number of likely N-dealkylation sites (tertiary alicyclic amines) is 1. The second-order valence-corrected chi connectivity index (χ2v) is 6.95. The molecule has 0 aromatic heterocycles. The lowest BCUT2D eigenvalue weighted by molar-refractivity contribution is -0.142. The maximum atomic E-state index is 13.3. The summed E-state index contributed by atoms with van der Waals surface area (Å²) >= 11 is 0. The topological polar surface area (TPSA) is 60.9 Å². The van der Waals surface area contributed by atoms with E-state index >= 15 is 0 Å². The summed E-state index contributed by atoms with van der Waals surface area (Å²) in [5, 5.41) is 9.40. The van der Waals surface area contributed by atoms with Crippen molar-refractivity contribution in [3.8, 4) is 0 Å². The smallest absolute Gasteiger partial charge is 0.320 e. The molecule has 0 spiro atoms. The van der Waals surface area contributed by atoms with Crippen LogP contribution in [0.25, 0.3) is 0 Å². The maximum Gasteiger partial charge on any atom is 0.320 e. The zero-order valence-electron chi connectivity index (χ0n) is 14.6. The monoisotopic (exact) mass is 350 g/mol. The molecule has 4 rings (SSSR count). The third-order valence-corrected chi connectivity index (χ3v) is 5.37. The summed E-state index contributed by atoms with van der Waals surface area (Å²) in [6, 6.07) is 15.4. The molecule has 0 unspecified atom stereocenters. The zero-order chi connectivity index (χ0) is 18.1. The Balaban J connectivity index is 1.70. The van der Waals surface area contributed by atoms with E-state index in [1.807, 2.05) is 36.4 Å². The van der Waals surface area contributed by atoms with Crippen LogP contribution in [0.4, 0.5) is 11.4 Å². The number of amides is 1. The highest BCUT2D eigenvalue weighted by molar-refractivity contribution is 6.03. The van der Waals surface area contributed by atoms with Crippen LogP contribution in [0.3, 0.4) is 0 Å². The van der Waals surface area contributed by atoms with Gasteiger partial charge in [-0.15, -0.1) is 0 Å². The van der Waals surface area contributed by atoms with E-state index in [1.165, 1.54) is 0 Å². The van der Waals surface area contributed by atoms with Gasteiger partial charge in [-0.1, -0.05) is 36.4 Å². The molecular formula is C21H22N2O3. The van der Waals surface area contributed by atoms with Gasteiger partial charge in [0.2, 0.25) is 5.91 Å². The van der Waals surface area contributed by atoms with E-state index in [2.05, 4.69) is 12.1 Å². The Kier molecular flexibility index (Phi) is 4.47. The molecule has 5 nitrogen and oxygen atoms in total. The highest BCUT2D eigenvalue weighted by atomic mass is 16.4. The van der Waals surface area contributed by atoms with Crippen molar-refractivity contribution in [1.82, 2.24) is 4.90 Å². The Bertz CT molecular complexity index is 801. The maximum absolute atomic E-state index is 13.3. The summed E-state index contributed by atoms with van der Waals surface area (Å²) in [7, 11) is 0. The fraction of sp³-hybridized carbons (Fsp3) is 0.333. The van der Waals surface area contributed by atoms with Crippen LogP contribution in [0.2, 0.25) is 0 Å².